The van der Waals surface area contributed by atoms with E-state index in [1.54, 1.807) is 25.1 Å². The molecular weight excluding hydrogens is 730 g/mol. The van der Waals surface area contributed by atoms with Crippen LogP contribution in [0, 0.1) is 0 Å². The molecule has 6 rings (SSSR count). The number of anilines is 1. The van der Waals surface area contributed by atoms with E-state index in [1.165, 1.54) is 14.2 Å². The Morgan fingerprint density at radius 3 is 2.21 bits per heavy atom. The Morgan fingerprint density at radius 1 is 0.925 bits per heavy atom. The second-order valence-electron chi connectivity index (χ2n) is 12.6. The molecule has 0 bridgehead atoms. The lowest BCUT2D eigenvalue weighted by atomic mass is 9.97. The van der Waals surface area contributed by atoms with Gasteiger partial charge in [0.15, 0.2) is 23.9 Å². The molecule has 18 heteroatoms. The summed E-state index contributed by atoms with van der Waals surface area (Å²) >= 11 is 7.16. The molecule has 2 aliphatic heterocycles. The maximum absolute atomic E-state index is 11.6. The maximum Gasteiger partial charge on any atom is 0.258 e. The molecule has 2 aliphatic rings. The summed E-state index contributed by atoms with van der Waals surface area (Å²) in [5, 5.41) is 46.2. The van der Waals surface area contributed by atoms with E-state index in [0.717, 1.165) is 33.1 Å². The number of nitrogen functional groups attached to an aromatic ring is 2. The predicted molar refractivity (Wildman–Crippen MR) is 197 cm³/mol. The molecule has 286 valence electrons. The molecular formula is C35H44ClN7O9S. The topological polar surface area (TPSA) is 223 Å². The molecule has 9 N–H and O–H groups in total. The number of nitrogens with one attached hydrogen (secondary N) is 2. The van der Waals surface area contributed by atoms with Crippen LogP contribution >= 0.6 is 23.4 Å². The molecule has 0 aliphatic carbocycles. The highest BCUT2D eigenvalue weighted by molar-refractivity contribution is 7.99. The Morgan fingerprint density at radius 2 is 1.58 bits per heavy atom. The molecule has 3 aromatic carbocycles. The van der Waals surface area contributed by atoms with Gasteiger partial charge in [0, 0.05) is 29.8 Å². The normalized spacial score (nSPS) is 27.3. The molecule has 0 radical (unpaired) electrons. The molecule has 4 aromatic rings. The highest BCUT2D eigenvalue weighted by Gasteiger charge is 2.49. The molecule has 9 atom stereocenters. The number of hydrogen-bond donors (Lipinski definition) is 7. The lowest BCUT2D eigenvalue weighted by molar-refractivity contribution is -0.326. The van der Waals surface area contributed by atoms with E-state index < -0.39 is 55.2 Å². The number of aliphatic hydroxyl groups excluding tert-OH is 3. The number of aromatic nitrogens is 3. The third-order valence-electron chi connectivity index (χ3n) is 9.15. The predicted octanol–water partition coefficient (Wildman–Crippen LogP) is 2.27. The standard InChI is InChI=1S/C35H44ClN7O9S/c1-18-28(44)23(39-16-19-7-9-20(10-8-19)21-11-13-22(36)14-12-21)15-27(49-18)51-32-30(46)29(45)26(17-53-35-42-41-34(40-37)43(35)38)50-33(32)52-31-24(47-2)5-4-6-25(31)48-3/h4-14,18,23,26-30,32-33,39,44-46H,15-17,37-38H2,1-3H3,(H,40,41). The molecule has 0 spiro atoms. The van der Waals surface area contributed by atoms with Crippen LogP contribution in [-0.2, 0) is 20.8 Å². The fourth-order valence-corrected chi connectivity index (χ4v) is 7.22. The summed E-state index contributed by atoms with van der Waals surface area (Å²) in [5.41, 5.74) is 5.46. The second kappa shape index (κ2) is 17.5. The first kappa shape index (κ1) is 38.8. The lowest BCUT2D eigenvalue weighted by Crippen LogP contribution is -2.62. The van der Waals surface area contributed by atoms with Gasteiger partial charge < -0.3 is 54.9 Å². The minimum Gasteiger partial charge on any atom is -0.493 e. The Kier molecular flexibility index (Phi) is 12.8. The second-order valence-corrected chi connectivity index (χ2v) is 14.0. The van der Waals surface area contributed by atoms with Crippen LogP contribution < -0.4 is 36.6 Å². The number of nitrogens with two attached hydrogens (primary N) is 2. The summed E-state index contributed by atoms with van der Waals surface area (Å²) < 4.78 is 37.3. The van der Waals surface area contributed by atoms with E-state index >= 15 is 0 Å². The van der Waals surface area contributed by atoms with Crippen LogP contribution in [0.25, 0.3) is 11.1 Å². The van der Waals surface area contributed by atoms with Crippen molar-refractivity contribution >= 4 is 29.3 Å². The van der Waals surface area contributed by atoms with E-state index in [1.807, 2.05) is 48.5 Å². The van der Waals surface area contributed by atoms with Gasteiger partial charge in [0.25, 0.3) is 5.95 Å². The van der Waals surface area contributed by atoms with E-state index in [9.17, 15) is 15.3 Å². The number of aliphatic hydroxyl groups is 3. The first-order valence-corrected chi connectivity index (χ1v) is 18.2. The molecule has 0 amide bonds. The van der Waals surface area contributed by atoms with Crippen molar-refractivity contribution in [2.24, 2.45) is 5.84 Å². The maximum atomic E-state index is 11.6. The number of ether oxygens (including phenoxy) is 6. The highest BCUT2D eigenvalue weighted by atomic mass is 35.5. The summed E-state index contributed by atoms with van der Waals surface area (Å²) in [6, 6.07) is 20.4. The number of rotatable bonds is 14. The number of benzene rings is 3. The quantitative estimate of drug-likeness (QED) is 0.0555. The SMILES string of the molecule is COc1cccc(OC)c1OC1OC(CSc2nnc(NN)n2N)C(O)C(O)C1OC1CC(NCc2ccc(-c3ccc(Cl)cc3)cc2)C(O)C(C)O1. The van der Waals surface area contributed by atoms with E-state index in [-0.39, 0.29) is 29.0 Å². The van der Waals surface area contributed by atoms with Gasteiger partial charge in [-0.2, -0.15) is 0 Å². The van der Waals surface area contributed by atoms with Crippen LogP contribution in [-0.4, -0.2) is 105 Å². The van der Waals surface area contributed by atoms with Gasteiger partial charge in [-0.15, -0.1) is 10.2 Å². The van der Waals surface area contributed by atoms with Crippen LogP contribution in [0.15, 0.2) is 71.9 Å². The Labute approximate surface area is 315 Å². The molecule has 2 saturated heterocycles. The zero-order chi connectivity index (χ0) is 37.6. The number of para-hydroxylation sites is 1. The van der Waals surface area contributed by atoms with E-state index in [0.29, 0.717) is 23.1 Å². The van der Waals surface area contributed by atoms with Crippen molar-refractivity contribution in [2.45, 2.75) is 80.3 Å². The highest BCUT2D eigenvalue weighted by Crippen LogP contribution is 2.40. The number of hydrazine groups is 1. The van der Waals surface area contributed by atoms with Crippen LogP contribution in [0.5, 0.6) is 17.2 Å². The number of methoxy groups -OCH3 is 2. The minimum absolute atomic E-state index is 0.0869. The van der Waals surface area contributed by atoms with E-state index in [2.05, 4.69) is 20.9 Å². The molecule has 53 heavy (non-hydrogen) atoms. The number of hydrogen-bond acceptors (Lipinski definition) is 16. The van der Waals surface area contributed by atoms with Crippen LogP contribution in [0.2, 0.25) is 5.02 Å². The Bertz CT molecular complexity index is 1770. The average Bonchev–Trinajstić information content (AvgIpc) is 3.53. The summed E-state index contributed by atoms with van der Waals surface area (Å²) in [6.45, 7) is 2.20. The van der Waals surface area contributed by atoms with Gasteiger partial charge in [0.05, 0.1) is 32.5 Å². The molecule has 1 aromatic heterocycles. The Balaban J connectivity index is 1.17. The van der Waals surface area contributed by atoms with Crippen molar-refractivity contribution in [3.05, 3.63) is 77.3 Å². The first-order valence-electron chi connectivity index (χ1n) is 16.9. The van der Waals surface area contributed by atoms with Gasteiger partial charge in [-0.1, -0.05) is 65.8 Å². The van der Waals surface area contributed by atoms with Gasteiger partial charge in [-0.25, -0.2) is 10.5 Å². The smallest absolute Gasteiger partial charge is 0.258 e. The van der Waals surface area contributed by atoms with Gasteiger partial charge in [0.1, 0.15) is 12.2 Å². The molecule has 16 nitrogen and oxygen atoms in total. The molecule has 0 saturated carbocycles. The third-order valence-corrected chi connectivity index (χ3v) is 10.4. The van der Waals surface area contributed by atoms with E-state index in [4.69, 9.17) is 51.7 Å². The van der Waals surface area contributed by atoms with Crippen molar-refractivity contribution in [3.8, 4) is 28.4 Å². The van der Waals surface area contributed by atoms with Crippen LogP contribution in [0.4, 0.5) is 5.95 Å². The summed E-state index contributed by atoms with van der Waals surface area (Å²) in [5.74, 6) is 12.5. The van der Waals surface area contributed by atoms with Crippen molar-refractivity contribution in [2.75, 3.05) is 31.2 Å². The van der Waals surface area contributed by atoms with Gasteiger partial charge in [0.2, 0.25) is 17.2 Å². The minimum atomic E-state index is -1.51. The summed E-state index contributed by atoms with van der Waals surface area (Å²) in [7, 11) is 2.96. The van der Waals surface area contributed by atoms with Crippen LogP contribution in [0.3, 0.4) is 0 Å². The number of nitrogens with zero attached hydrogens (tertiary/aromatic N) is 3. The van der Waals surface area contributed by atoms with Crippen molar-refractivity contribution < 1.29 is 43.7 Å². The third kappa shape index (κ3) is 8.92. The average molecular weight is 774 g/mol. The molecule has 3 heterocycles. The van der Waals surface area contributed by atoms with Gasteiger partial charge in [-0.05, 0) is 47.9 Å². The number of halogens is 1. The number of thioether (sulfide) groups is 1. The first-order chi connectivity index (χ1) is 25.6. The van der Waals surface area contributed by atoms with Crippen molar-refractivity contribution in [3.63, 3.8) is 0 Å². The lowest BCUT2D eigenvalue weighted by Gasteiger charge is -2.45. The molecule has 2 fully saturated rings. The Hall–Kier alpha value is -3.88. The fourth-order valence-electron chi connectivity index (χ4n) is 6.19. The summed E-state index contributed by atoms with van der Waals surface area (Å²) in [4.78, 5) is 0. The summed E-state index contributed by atoms with van der Waals surface area (Å²) in [6.07, 6.45) is -8.68. The zero-order valence-corrected chi connectivity index (χ0v) is 30.8. The van der Waals surface area contributed by atoms with Gasteiger partial charge >= 0.3 is 0 Å². The van der Waals surface area contributed by atoms with Crippen LogP contribution in [0.1, 0.15) is 18.9 Å². The largest absolute Gasteiger partial charge is 0.493 e. The van der Waals surface area contributed by atoms with Gasteiger partial charge in [-0.3, -0.25) is 5.43 Å². The van der Waals surface area contributed by atoms with Crippen molar-refractivity contribution in [1.82, 2.24) is 20.2 Å². The monoisotopic (exact) mass is 773 g/mol. The van der Waals surface area contributed by atoms with Crippen molar-refractivity contribution in [1.29, 1.82) is 0 Å². The molecule has 9 unspecified atom stereocenters. The zero-order valence-electron chi connectivity index (χ0n) is 29.2. The fraction of sp³-hybridized carbons (Fsp3) is 0.429.